The first-order valence-corrected chi connectivity index (χ1v) is 9.52. The third kappa shape index (κ3) is 1.59. The minimum absolute atomic E-state index is 0.0458. The van der Waals surface area contributed by atoms with Gasteiger partial charge in [0.05, 0.1) is 17.0 Å². The van der Waals surface area contributed by atoms with Crippen LogP contribution in [0.15, 0.2) is 0 Å². The summed E-state index contributed by atoms with van der Waals surface area (Å²) in [6, 6.07) is -0.0853. The Labute approximate surface area is 137 Å². The number of hydrogen-bond acceptors (Lipinski definition) is 4. The van der Waals surface area contributed by atoms with Gasteiger partial charge in [-0.2, -0.15) is 0 Å². The molecule has 22 heavy (non-hydrogen) atoms. The molecule has 0 aromatic rings. The second-order valence-corrected chi connectivity index (χ2v) is 9.67. The van der Waals surface area contributed by atoms with Crippen molar-refractivity contribution >= 4 is 23.5 Å². The smallest absolute Gasteiger partial charge is 0.243 e. The monoisotopic (exact) mass is 322 g/mol. The molecule has 1 amide bonds. The fraction of sp³-hybridized carbons (Fsp3) is 0.882. The zero-order valence-corrected chi connectivity index (χ0v) is 14.8. The van der Waals surface area contributed by atoms with Crippen LogP contribution in [0.2, 0.25) is 0 Å². The zero-order valence-electron chi connectivity index (χ0n) is 14.0. The summed E-state index contributed by atoms with van der Waals surface area (Å²) in [5, 5.41) is -0.126. The van der Waals surface area contributed by atoms with Crippen LogP contribution in [0.1, 0.15) is 59.8 Å². The predicted octanol–water partition coefficient (Wildman–Crippen LogP) is 2.41. The van der Waals surface area contributed by atoms with Crippen molar-refractivity contribution in [3.63, 3.8) is 0 Å². The van der Waals surface area contributed by atoms with Crippen molar-refractivity contribution in [2.24, 2.45) is 0 Å². The quantitative estimate of drug-likeness (QED) is 0.743. The predicted molar refractivity (Wildman–Crippen MR) is 87.7 cm³/mol. The maximum atomic E-state index is 13.0. The number of nitrogens with zero attached hydrogens (tertiary/aromatic N) is 2. The molecule has 3 atom stereocenters. The van der Waals surface area contributed by atoms with Gasteiger partial charge < -0.3 is 4.90 Å². The van der Waals surface area contributed by atoms with E-state index in [0.717, 1.165) is 12.8 Å². The summed E-state index contributed by atoms with van der Waals surface area (Å²) in [5.74, 6) is 0.501. The van der Waals surface area contributed by atoms with E-state index in [9.17, 15) is 9.59 Å². The Balaban J connectivity index is 1.77. The van der Waals surface area contributed by atoms with Crippen LogP contribution in [0, 0.1) is 0 Å². The summed E-state index contributed by atoms with van der Waals surface area (Å²) in [4.78, 5) is 30.2. The Bertz CT molecular complexity index is 539. The molecule has 3 heterocycles. The van der Waals surface area contributed by atoms with E-state index in [-0.39, 0.29) is 39.7 Å². The molecular formula is C17H26N2O2S. The summed E-state index contributed by atoms with van der Waals surface area (Å²) in [5.41, 5.74) is -0.351. The van der Waals surface area contributed by atoms with Crippen LogP contribution in [-0.4, -0.2) is 55.3 Å². The largest absolute Gasteiger partial charge is 0.321 e. The number of hydrogen-bond donors (Lipinski definition) is 0. The Kier molecular flexibility index (Phi) is 3.07. The average molecular weight is 322 g/mol. The minimum atomic E-state index is -0.351. The molecule has 0 unspecified atom stereocenters. The number of carbonyl (C=O) groups is 2. The second-order valence-electron chi connectivity index (χ2n) is 8.12. The molecule has 4 nitrogen and oxygen atoms in total. The lowest BCUT2D eigenvalue weighted by atomic mass is 9.81. The molecule has 4 aliphatic rings. The number of fused-ring (bicyclic) bond motifs is 6. The van der Waals surface area contributed by atoms with Crippen molar-refractivity contribution in [1.82, 2.24) is 9.80 Å². The van der Waals surface area contributed by atoms with Crippen LogP contribution in [0.4, 0.5) is 0 Å². The average Bonchev–Trinajstić information content (AvgIpc) is 2.94. The van der Waals surface area contributed by atoms with Gasteiger partial charge in [-0.3, -0.25) is 14.5 Å². The summed E-state index contributed by atoms with van der Waals surface area (Å²) in [6.45, 7) is 8.41. The lowest BCUT2D eigenvalue weighted by Crippen LogP contribution is -2.61. The standard InChI is InChI=1S/C17H26N2O2S/c1-10(2)18-15(21)11-13-12(20)14(19(11)16(18,3)4)17(22-13)8-6-5-7-9-17/h10-11,13-14H,5-9H2,1-4H3/t11-,13+,14-/m0/s1. The van der Waals surface area contributed by atoms with E-state index in [0.29, 0.717) is 5.78 Å². The highest BCUT2D eigenvalue weighted by atomic mass is 32.2. The van der Waals surface area contributed by atoms with E-state index in [4.69, 9.17) is 0 Å². The first kappa shape index (κ1) is 15.0. The van der Waals surface area contributed by atoms with Gasteiger partial charge in [0, 0.05) is 10.8 Å². The fourth-order valence-corrected chi connectivity index (χ4v) is 7.59. The Hall–Kier alpha value is -0.550. The molecule has 3 saturated heterocycles. The summed E-state index contributed by atoms with van der Waals surface area (Å²) in [7, 11) is 0. The molecule has 4 fully saturated rings. The molecule has 4 rings (SSSR count). The van der Waals surface area contributed by atoms with Gasteiger partial charge in [0.25, 0.3) is 0 Å². The molecule has 1 spiro atoms. The van der Waals surface area contributed by atoms with E-state index in [2.05, 4.69) is 32.6 Å². The SMILES string of the molecule is CC(C)N1C(=O)[C@@H]2[C@H]3SC4(CCCCC4)[C@H](C3=O)N2C1(C)C. The normalized spacial score (nSPS) is 39.3. The van der Waals surface area contributed by atoms with Crippen molar-refractivity contribution in [2.45, 2.75) is 93.6 Å². The van der Waals surface area contributed by atoms with Gasteiger partial charge in [-0.1, -0.05) is 19.3 Å². The van der Waals surface area contributed by atoms with Crippen LogP contribution in [0.25, 0.3) is 0 Å². The van der Waals surface area contributed by atoms with E-state index < -0.39 is 0 Å². The highest BCUT2D eigenvalue weighted by Crippen LogP contribution is 2.61. The topological polar surface area (TPSA) is 40.6 Å². The number of thioether (sulfide) groups is 1. The molecule has 0 N–H and O–H groups in total. The van der Waals surface area contributed by atoms with Crippen LogP contribution in [0.5, 0.6) is 0 Å². The van der Waals surface area contributed by atoms with Gasteiger partial charge in [0.15, 0.2) is 5.78 Å². The van der Waals surface area contributed by atoms with Crippen LogP contribution < -0.4 is 0 Å². The van der Waals surface area contributed by atoms with Crippen LogP contribution >= 0.6 is 11.8 Å². The third-order valence-electron chi connectivity index (χ3n) is 6.20. The number of rotatable bonds is 1. The van der Waals surface area contributed by atoms with Crippen molar-refractivity contribution in [1.29, 1.82) is 0 Å². The van der Waals surface area contributed by atoms with Crippen LogP contribution in [-0.2, 0) is 9.59 Å². The fourth-order valence-electron chi connectivity index (χ4n) is 5.58. The zero-order chi connectivity index (χ0) is 15.9. The van der Waals surface area contributed by atoms with Crippen molar-refractivity contribution in [3.8, 4) is 0 Å². The summed E-state index contributed by atoms with van der Waals surface area (Å²) < 4.78 is 0.0844. The molecule has 0 aromatic heterocycles. The van der Waals surface area contributed by atoms with Gasteiger partial charge in [-0.05, 0) is 40.5 Å². The highest BCUT2D eigenvalue weighted by Gasteiger charge is 2.73. The lowest BCUT2D eigenvalue weighted by molar-refractivity contribution is -0.136. The number of ketones is 1. The first-order chi connectivity index (χ1) is 10.3. The molecule has 0 aromatic carbocycles. The second kappa shape index (κ2) is 4.50. The number of amides is 1. The van der Waals surface area contributed by atoms with Gasteiger partial charge in [-0.25, -0.2) is 0 Å². The molecule has 122 valence electrons. The number of carbonyl (C=O) groups excluding carboxylic acids is 2. The molecule has 1 saturated carbocycles. The molecule has 3 aliphatic heterocycles. The Morgan fingerprint density at radius 1 is 1.14 bits per heavy atom. The molecule has 5 heteroatoms. The van der Waals surface area contributed by atoms with E-state index >= 15 is 0 Å². The van der Waals surface area contributed by atoms with Gasteiger partial charge >= 0.3 is 0 Å². The number of Topliss-reactive ketones (excluding diaryl/α,β-unsaturated/α-hetero) is 1. The maximum absolute atomic E-state index is 13.0. The van der Waals surface area contributed by atoms with E-state index in [1.54, 1.807) is 0 Å². The maximum Gasteiger partial charge on any atom is 0.243 e. The molecular weight excluding hydrogens is 296 g/mol. The molecule has 0 radical (unpaired) electrons. The Morgan fingerprint density at radius 2 is 1.77 bits per heavy atom. The van der Waals surface area contributed by atoms with E-state index in [1.807, 2.05) is 16.7 Å². The first-order valence-electron chi connectivity index (χ1n) is 8.64. The van der Waals surface area contributed by atoms with E-state index in [1.165, 1.54) is 19.3 Å². The van der Waals surface area contributed by atoms with Gasteiger partial charge in [0.2, 0.25) is 5.91 Å². The van der Waals surface area contributed by atoms with Crippen molar-refractivity contribution in [3.05, 3.63) is 0 Å². The third-order valence-corrected chi connectivity index (χ3v) is 8.05. The van der Waals surface area contributed by atoms with Crippen molar-refractivity contribution < 1.29 is 9.59 Å². The van der Waals surface area contributed by atoms with Crippen molar-refractivity contribution in [2.75, 3.05) is 0 Å². The van der Waals surface area contributed by atoms with Gasteiger partial charge in [-0.15, -0.1) is 11.8 Å². The lowest BCUT2D eigenvalue weighted by Gasteiger charge is -2.49. The van der Waals surface area contributed by atoms with Gasteiger partial charge in [0.1, 0.15) is 6.04 Å². The molecule has 2 bridgehead atoms. The highest BCUT2D eigenvalue weighted by molar-refractivity contribution is 8.02. The molecule has 1 aliphatic carbocycles. The minimum Gasteiger partial charge on any atom is -0.321 e. The summed E-state index contributed by atoms with van der Waals surface area (Å²) in [6.07, 6.45) is 6.02. The van der Waals surface area contributed by atoms with Crippen LogP contribution in [0.3, 0.4) is 0 Å². The Morgan fingerprint density at radius 3 is 2.36 bits per heavy atom. The summed E-state index contributed by atoms with van der Waals surface area (Å²) >= 11 is 1.85.